The molecule has 1 aliphatic heterocycles. The van der Waals surface area contributed by atoms with E-state index in [-0.39, 0.29) is 23.9 Å². The lowest BCUT2D eigenvalue weighted by molar-refractivity contribution is -0.135. The van der Waals surface area contributed by atoms with Gasteiger partial charge >= 0.3 is 0 Å². The molecule has 1 aromatic heterocycles. The molecule has 132 valence electrons. The van der Waals surface area contributed by atoms with E-state index >= 15 is 0 Å². The van der Waals surface area contributed by atoms with Gasteiger partial charge in [-0.15, -0.1) is 0 Å². The molecular formula is C18H28N4O2. The largest absolute Gasteiger partial charge is 0.347 e. The van der Waals surface area contributed by atoms with Crippen LogP contribution in [0.5, 0.6) is 0 Å². The third kappa shape index (κ3) is 3.34. The number of amides is 2. The van der Waals surface area contributed by atoms with Crippen LogP contribution in [0.2, 0.25) is 0 Å². The summed E-state index contributed by atoms with van der Waals surface area (Å²) in [6.45, 7) is 6.17. The molecule has 1 saturated heterocycles. The van der Waals surface area contributed by atoms with Crippen molar-refractivity contribution in [3.05, 3.63) is 24.0 Å². The summed E-state index contributed by atoms with van der Waals surface area (Å²) in [4.78, 5) is 29.1. The minimum Gasteiger partial charge on any atom is -0.347 e. The molecule has 0 aromatic carbocycles. The van der Waals surface area contributed by atoms with Crippen LogP contribution in [-0.2, 0) is 4.79 Å². The predicted octanol–water partition coefficient (Wildman–Crippen LogP) is 1.49. The number of hydrogen-bond acceptors (Lipinski definition) is 3. The zero-order valence-electron chi connectivity index (χ0n) is 14.9. The number of nitrogens with one attached hydrogen (secondary N) is 1. The summed E-state index contributed by atoms with van der Waals surface area (Å²) in [7, 11) is 1.96. The molecule has 0 radical (unpaired) electrons. The maximum Gasteiger partial charge on any atom is 0.268 e. The van der Waals surface area contributed by atoms with Crippen LogP contribution >= 0.6 is 0 Å². The second-order valence-electron chi connectivity index (χ2n) is 6.90. The molecule has 2 amide bonds. The van der Waals surface area contributed by atoms with Crippen LogP contribution in [-0.4, -0.2) is 64.9 Å². The van der Waals surface area contributed by atoms with Crippen molar-refractivity contribution < 1.29 is 9.59 Å². The Hall–Kier alpha value is -1.82. The third-order valence-electron chi connectivity index (χ3n) is 5.20. The molecule has 6 nitrogen and oxygen atoms in total. The number of rotatable bonds is 6. The van der Waals surface area contributed by atoms with Crippen molar-refractivity contribution in [2.75, 3.05) is 26.7 Å². The number of nitrogens with zero attached hydrogens (tertiary/aromatic N) is 3. The zero-order chi connectivity index (χ0) is 17.3. The van der Waals surface area contributed by atoms with E-state index in [9.17, 15) is 9.59 Å². The van der Waals surface area contributed by atoms with Crippen LogP contribution in [0.15, 0.2) is 18.3 Å². The number of likely N-dealkylation sites (N-methyl/N-ethyl adjacent to an activating group) is 2. The second kappa shape index (κ2) is 6.97. The molecule has 1 N–H and O–H groups in total. The van der Waals surface area contributed by atoms with Gasteiger partial charge in [-0.25, -0.2) is 0 Å². The fraction of sp³-hybridized carbons (Fsp3) is 0.667. The van der Waals surface area contributed by atoms with Crippen LogP contribution in [0.3, 0.4) is 0 Å². The Kier molecular flexibility index (Phi) is 4.94. The highest BCUT2D eigenvalue weighted by atomic mass is 16.2. The minimum absolute atomic E-state index is 0.0227. The Labute approximate surface area is 143 Å². The summed E-state index contributed by atoms with van der Waals surface area (Å²) in [6.07, 6.45) is 4.98. The van der Waals surface area contributed by atoms with Gasteiger partial charge < -0.3 is 14.8 Å². The average Bonchev–Trinajstić information content (AvgIpc) is 3.17. The van der Waals surface area contributed by atoms with E-state index in [0.29, 0.717) is 19.0 Å². The van der Waals surface area contributed by atoms with E-state index in [1.54, 1.807) is 0 Å². The summed E-state index contributed by atoms with van der Waals surface area (Å²) in [5, 5.41) is 3.12. The Morgan fingerprint density at radius 3 is 2.62 bits per heavy atom. The number of carbonyl (C=O) groups excluding carboxylic acids is 2. The number of aromatic nitrogens is 1. The molecule has 24 heavy (non-hydrogen) atoms. The van der Waals surface area contributed by atoms with Gasteiger partial charge in [-0.05, 0) is 52.3 Å². The molecule has 2 aliphatic rings. The molecule has 3 rings (SSSR count). The van der Waals surface area contributed by atoms with E-state index in [4.69, 9.17) is 0 Å². The molecule has 2 fully saturated rings. The van der Waals surface area contributed by atoms with Crippen molar-refractivity contribution in [1.29, 1.82) is 0 Å². The van der Waals surface area contributed by atoms with Gasteiger partial charge in [0.2, 0.25) is 5.91 Å². The first-order valence-electron chi connectivity index (χ1n) is 9.01. The quantitative estimate of drug-likeness (QED) is 0.859. The van der Waals surface area contributed by atoms with Gasteiger partial charge in [-0.2, -0.15) is 0 Å². The summed E-state index contributed by atoms with van der Waals surface area (Å²) in [6, 6.07) is 4.19. The van der Waals surface area contributed by atoms with Crippen LogP contribution in [0.4, 0.5) is 0 Å². The average molecular weight is 332 g/mol. The molecule has 1 saturated carbocycles. The molecule has 6 heteroatoms. The van der Waals surface area contributed by atoms with Gasteiger partial charge in [-0.3, -0.25) is 14.5 Å². The van der Waals surface area contributed by atoms with E-state index in [1.165, 1.54) is 0 Å². The van der Waals surface area contributed by atoms with Crippen LogP contribution < -0.4 is 5.32 Å². The SMILES string of the molecule is CCN(CC)C(=O)[C@@H]1C[C@@H](NC(=O)c2cccn2C2CC2)CN1C. The van der Waals surface area contributed by atoms with Crippen molar-refractivity contribution in [3.8, 4) is 0 Å². The van der Waals surface area contributed by atoms with Gasteiger partial charge in [0.1, 0.15) is 5.69 Å². The van der Waals surface area contributed by atoms with Crippen LogP contribution in [0.1, 0.15) is 49.6 Å². The Balaban J connectivity index is 1.61. The van der Waals surface area contributed by atoms with E-state index in [0.717, 1.165) is 31.6 Å². The highest BCUT2D eigenvalue weighted by molar-refractivity contribution is 5.93. The topological polar surface area (TPSA) is 57.6 Å². The zero-order valence-corrected chi connectivity index (χ0v) is 14.9. The van der Waals surface area contributed by atoms with Crippen molar-refractivity contribution >= 4 is 11.8 Å². The summed E-state index contributed by atoms with van der Waals surface area (Å²) in [5.41, 5.74) is 0.735. The highest BCUT2D eigenvalue weighted by Gasteiger charge is 2.37. The van der Waals surface area contributed by atoms with Gasteiger partial charge in [0, 0.05) is 37.9 Å². The minimum atomic E-state index is -0.134. The lowest BCUT2D eigenvalue weighted by atomic mass is 10.1. The van der Waals surface area contributed by atoms with Crippen LogP contribution in [0.25, 0.3) is 0 Å². The molecule has 1 aliphatic carbocycles. The molecule has 0 bridgehead atoms. The fourth-order valence-corrected chi connectivity index (χ4v) is 3.66. The van der Waals surface area contributed by atoms with E-state index in [1.807, 2.05) is 44.1 Å². The van der Waals surface area contributed by atoms with E-state index < -0.39 is 0 Å². The Morgan fingerprint density at radius 2 is 2.00 bits per heavy atom. The molecule has 0 unspecified atom stereocenters. The fourth-order valence-electron chi connectivity index (χ4n) is 3.66. The van der Waals surface area contributed by atoms with Crippen molar-refractivity contribution in [2.45, 2.75) is 51.2 Å². The maximum absolute atomic E-state index is 12.6. The first kappa shape index (κ1) is 17.0. The Bertz CT molecular complexity index is 604. The molecular weight excluding hydrogens is 304 g/mol. The Morgan fingerprint density at radius 1 is 1.29 bits per heavy atom. The number of likely N-dealkylation sites (tertiary alicyclic amines) is 1. The van der Waals surface area contributed by atoms with Crippen molar-refractivity contribution in [1.82, 2.24) is 19.7 Å². The molecule has 2 atom stereocenters. The third-order valence-corrected chi connectivity index (χ3v) is 5.20. The van der Waals surface area contributed by atoms with Gasteiger partial charge in [-0.1, -0.05) is 0 Å². The van der Waals surface area contributed by atoms with Gasteiger partial charge in [0.25, 0.3) is 5.91 Å². The first-order valence-corrected chi connectivity index (χ1v) is 9.01. The first-order chi connectivity index (χ1) is 11.5. The van der Waals surface area contributed by atoms with Gasteiger partial charge in [0.05, 0.1) is 6.04 Å². The number of hydrogen-bond donors (Lipinski definition) is 1. The normalized spacial score (nSPS) is 24.1. The van der Waals surface area contributed by atoms with E-state index in [2.05, 4.69) is 14.8 Å². The van der Waals surface area contributed by atoms with Crippen molar-refractivity contribution in [2.24, 2.45) is 0 Å². The van der Waals surface area contributed by atoms with Crippen molar-refractivity contribution in [3.63, 3.8) is 0 Å². The molecule has 1 aromatic rings. The smallest absolute Gasteiger partial charge is 0.268 e. The van der Waals surface area contributed by atoms with Crippen LogP contribution in [0, 0.1) is 0 Å². The van der Waals surface area contributed by atoms with Gasteiger partial charge in [0.15, 0.2) is 0 Å². The highest BCUT2D eigenvalue weighted by Crippen LogP contribution is 2.36. The summed E-state index contributed by atoms with van der Waals surface area (Å²) < 4.78 is 2.08. The lowest BCUT2D eigenvalue weighted by Gasteiger charge is -2.26. The second-order valence-corrected chi connectivity index (χ2v) is 6.90. The summed E-state index contributed by atoms with van der Waals surface area (Å²) in [5.74, 6) is 0.141. The predicted molar refractivity (Wildman–Crippen MR) is 92.9 cm³/mol. The monoisotopic (exact) mass is 332 g/mol. The molecule has 0 spiro atoms. The lowest BCUT2D eigenvalue weighted by Crippen LogP contribution is -2.44. The number of carbonyl (C=O) groups is 2. The summed E-state index contributed by atoms with van der Waals surface area (Å²) >= 11 is 0. The standard InChI is InChI=1S/C18H28N4O2/c1-4-21(5-2)18(24)16-11-13(12-20(16)3)19-17(23)15-7-6-10-22(15)14-8-9-14/h6-7,10,13-14,16H,4-5,8-9,11-12H2,1-3H3,(H,19,23)/t13-,16+/m1/s1. The molecule has 2 heterocycles. The maximum atomic E-state index is 12.6.